The average molecular weight is 438 g/mol. The third-order valence-electron chi connectivity index (χ3n) is 4.89. The summed E-state index contributed by atoms with van der Waals surface area (Å²) in [4.78, 5) is 26.7. The molecule has 4 rings (SSSR count). The van der Waals surface area contributed by atoms with Gasteiger partial charge in [-0.15, -0.1) is 0 Å². The van der Waals surface area contributed by atoms with Crippen molar-refractivity contribution in [3.63, 3.8) is 0 Å². The molecule has 0 aliphatic heterocycles. The summed E-state index contributed by atoms with van der Waals surface area (Å²) in [5.41, 5.74) is 1.83. The van der Waals surface area contributed by atoms with E-state index in [1.807, 2.05) is 44.2 Å². The number of aromatic amines is 1. The van der Waals surface area contributed by atoms with E-state index in [1.165, 1.54) is 11.8 Å². The zero-order valence-electron chi connectivity index (χ0n) is 18.1. The maximum Gasteiger partial charge on any atom is 0.232 e. The van der Waals surface area contributed by atoms with Crippen molar-refractivity contribution >= 4 is 35.1 Å². The van der Waals surface area contributed by atoms with E-state index < -0.39 is 0 Å². The van der Waals surface area contributed by atoms with Gasteiger partial charge in [0.2, 0.25) is 11.9 Å². The molecule has 0 unspecified atom stereocenters. The van der Waals surface area contributed by atoms with Crippen molar-refractivity contribution in [2.75, 3.05) is 10.6 Å². The molecule has 0 radical (unpaired) electrons. The molecule has 3 aromatic rings. The van der Waals surface area contributed by atoms with E-state index >= 15 is 0 Å². The number of rotatable bonds is 8. The van der Waals surface area contributed by atoms with Crippen molar-refractivity contribution in [3.05, 3.63) is 41.9 Å². The van der Waals surface area contributed by atoms with Gasteiger partial charge in [-0.3, -0.25) is 9.89 Å². The summed E-state index contributed by atoms with van der Waals surface area (Å²) in [7, 11) is 0. The second kappa shape index (κ2) is 9.05. The molecule has 1 aliphatic rings. The number of hydrogen-bond donors (Lipinski definition) is 3. The van der Waals surface area contributed by atoms with Crippen LogP contribution < -0.4 is 10.6 Å². The molecule has 162 valence electrons. The molecule has 2 aromatic heterocycles. The van der Waals surface area contributed by atoms with Crippen molar-refractivity contribution in [1.82, 2.24) is 25.1 Å². The maximum atomic E-state index is 11.9. The maximum absolute atomic E-state index is 11.9. The van der Waals surface area contributed by atoms with Crippen molar-refractivity contribution in [1.29, 1.82) is 0 Å². The lowest BCUT2D eigenvalue weighted by Gasteiger charge is -2.09. The fourth-order valence-corrected chi connectivity index (χ4v) is 3.56. The Bertz CT molecular complexity index is 1060. The van der Waals surface area contributed by atoms with Gasteiger partial charge >= 0.3 is 0 Å². The number of nitrogens with zero attached hydrogens (tertiary/aromatic N) is 4. The lowest BCUT2D eigenvalue weighted by molar-refractivity contribution is -0.118. The molecule has 31 heavy (non-hydrogen) atoms. The van der Waals surface area contributed by atoms with Crippen LogP contribution in [0.2, 0.25) is 0 Å². The van der Waals surface area contributed by atoms with Gasteiger partial charge in [-0.25, -0.2) is 4.98 Å². The van der Waals surface area contributed by atoms with E-state index in [9.17, 15) is 4.79 Å². The molecule has 1 aromatic carbocycles. The lowest BCUT2D eigenvalue weighted by Crippen LogP contribution is -2.17. The van der Waals surface area contributed by atoms with Gasteiger partial charge in [0.05, 0.1) is 0 Å². The van der Waals surface area contributed by atoms with Crippen LogP contribution in [0.25, 0.3) is 0 Å². The fourth-order valence-electron chi connectivity index (χ4n) is 2.81. The quantitative estimate of drug-likeness (QED) is 0.451. The van der Waals surface area contributed by atoms with Gasteiger partial charge in [0.15, 0.2) is 11.0 Å². The Hall–Kier alpha value is -2.94. The topological polar surface area (TPSA) is 108 Å². The Morgan fingerprint density at radius 2 is 1.84 bits per heavy atom. The van der Waals surface area contributed by atoms with Crippen LogP contribution in [0, 0.1) is 5.92 Å². The highest BCUT2D eigenvalue weighted by Crippen LogP contribution is 2.39. The van der Waals surface area contributed by atoms with E-state index in [0.29, 0.717) is 28.8 Å². The SMILES string of the molecule is CC(C)C(=O)Nc1ccc(Sc2nc(Nc3cc(C(C)C)[nH]n3)nc(C3CC3)n2)cc1. The lowest BCUT2D eigenvalue weighted by atomic mass is 10.1. The summed E-state index contributed by atoms with van der Waals surface area (Å²) in [5, 5.41) is 14.1. The molecule has 9 heteroatoms. The predicted octanol–water partition coefficient (Wildman–Crippen LogP) is 5.08. The highest BCUT2D eigenvalue weighted by Gasteiger charge is 2.28. The van der Waals surface area contributed by atoms with E-state index in [0.717, 1.165) is 34.9 Å². The van der Waals surface area contributed by atoms with Gasteiger partial charge in [-0.1, -0.05) is 27.7 Å². The normalized spacial score (nSPS) is 13.6. The monoisotopic (exact) mass is 437 g/mol. The summed E-state index contributed by atoms with van der Waals surface area (Å²) in [6, 6.07) is 9.67. The van der Waals surface area contributed by atoms with Crippen molar-refractivity contribution in [3.8, 4) is 0 Å². The Balaban J connectivity index is 1.50. The first-order valence-electron chi connectivity index (χ1n) is 10.5. The summed E-state index contributed by atoms with van der Waals surface area (Å²) in [6.45, 7) is 7.96. The highest BCUT2D eigenvalue weighted by molar-refractivity contribution is 7.99. The van der Waals surface area contributed by atoms with Crippen LogP contribution in [-0.2, 0) is 4.79 Å². The summed E-state index contributed by atoms with van der Waals surface area (Å²) < 4.78 is 0. The van der Waals surface area contributed by atoms with Crippen LogP contribution in [0.1, 0.15) is 63.9 Å². The number of carbonyl (C=O) groups excluding carboxylic acids is 1. The number of amides is 1. The molecule has 8 nitrogen and oxygen atoms in total. The Labute approximate surface area is 186 Å². The Morgan fingerprint density at radius 1 is 1.10 bits per heavy atom. The fraction of sp³-hybridized carbons (Fsp3) is 0.409. The van der Waals surface area contributed by atoms with Crippen LogP contribution in [0.3, 0.4) is 0 Å². The molecule has 1 saturated carbocycles. The third-order valence-corrected chi connectivity index (χ3v) is 5.76. The minimum absolute atomic E-state index is 0.00153. The van der Waals surface area contributed by atoms with E-state index in [4.69, 9.17) is 0 Å². The Kier molecular flexibility index (Phi) is 6.22. The standard InChI is InChI=1S/C22H27N7OS/c1-12(2)17-11-18(29-28-17)24-21-25-19(14-5-6-14)26-22(27-21)31-16-9-7-15(8-10-16)23-20(30)13(3)4/h7-14H,5-6H2,1-4H3,(H,23,30)(H2,24,25,26,27,28,29). The number of hydrogen-bond acceptors (Lipinski definition) is 7. The van der Waals surface area contributed by atoms with Gasteiger partial charge in [-0.05, 0) is 54.8 Å². The molecule has 3 N–H and O–H groups in total. The molecule has 0 spiro atoms. The van der Waals surface area contributed by atoms with Gasteiger partial charge in [0.25, 0.3) is 0 Å². The molecule has 1 fully saturated rings. The van der Waals surface area contributed by atoms with E-state index in [1.54, 1.807) is 0 Å². The molecular formula is C22H27N7OS. The third kappa shape index (κ3) is 5.61. The van der Waals surface area contributed by atoms with Crippen molar-refractivity contribution < 1.29 is 4.79 Å². The number of aromatic nitrogens is 5. The molecular weight excluding hydrogens is 410 g/mol. The molecule has 0 saturated heterocycles. The highest BCUT2D eigenvalue weighted by atomic mass is 32.2. The zero-order valence-corrected chi connectivity index (χ0v) is 19.0. The second-order valence-electron chi connectivity index (χ2n) is 8.33. The van der Waals surface area contributed by atoms with Gasteiger partial charge in [-0.2, -0.15) is 15.1 Å². The van der Waals surface area contributed by atoms with Crippen LogP contribution in [0.15, 0.2) is 40.4 Å². The minimum Gasteiger partial charge on any atom is -0.326 e. The van der Waals surface area contributed by atoms with E-state index in [2.05, 4.69) is 49.6 Å². The first-order valence-corrected chi connectivity index (χ1v) is 11.4. The summed E-state index contributed by atoms with van der Waals surface area (Å²) >= 11 is 1.47. The van der Waals surface area contributed by atoms with Crippen LogP contribution in [0.5, 0.6) is 0 Å². The summed E-state index contributed by atoms with van der Waals surface area (Å²) in [6.07, 6.45) is 2.22. The second-order valence-corrected chi connectivity index (χ2v) is 9.37. The van der Waals surface area contributed by atoms with Crippen molar-refractivity contribution in [2.24, 2.45) is 5.92 Å². The first kappa shape index (κ1) is 21.3. The molecule has 2 heterocycles. The van der Waals surface area contributed by atoms with Gasteiger partial charge < -0.3 is 10.6 Å². The predicted molar refractivity (Wildman–Crippen MR) is 122 cm³/mol. The smallest absolute Gasteiger partial charge is 0.232 e. The van der Waals surface area contributed by atoms with Gasteiger partial charge in [0, 0.05) is 34.2 Å². The van der Waals surface area contributed by atoms with Crippen LogP contribution in [-0.4, -0.2) is 31.1 Å². The largest absolute Gasteiger partial charge is 0.326 e. The van der Waals surface area contributed by atoms with Crippen LogP contribution >= 0.6 is 11.8 Å². The first-order chi connectivity index (χ1) is 14.9. The van der Waals surface area contributed by atoms with E-state index in [-0.39, 0.29) is 11.8 Å². The zero-order chi connectivity index (χ0) is 22.0. The molecule has 0 bridgehead atoms. The number of H-pyrrole nitrogens is 1. The summed E-state index contributed by atoms with van der Waals surface area (Å²) in [5.74, 6) is 2.73. The average Bonchev–Trinajstić information content (AvgIpc) is 3.48. The number of carbonyl (C=O) groups is 1. The van der Waals surface area contributed by atoms with Crippen LogP contribution in [0.4, 0.5) is 17.5 Å². The molecule has 1 amide bonds. The molecule has 1 aliphatic carbocycles. The number of nitrogens with one attached hydrogen (secondary N) is 3. The van der Waals surface area contributed by atoms with Gasteiger partial charge in [0.1, 0.15) is 5.82 Å². The Morgan fingerprint density at radius 3 is 2.45 bits per heavy atom. The molecule has 0 atom stereocenters. The number of benzene rings is 1. The number of anilines is 3. The van der Waals surface area contributed by atoms with Crippen molar-refractivity contribution in [2.45, 2.75) is 62.4 Å². The minimum atomic E-state index is -0.0582.